The second-order valence-corrected chi connectivity index (χ2v) is 8.95. The van der Waals surface area contributed by atoms with E-state index in [1.165, 1.54) is 36.0 Å². The highest BCUT2D eigenvalue weighted by molar-refractivity contribution is 8.00. The highest BCUT2D eigenvalue weighted by Crippen LogP contribution is 2.31. The number of hydrogen-bond acceptors (Lipinski definition) is 4. The maximum Gasteiger partial charge on any atom is 0.234 e. The molecule has 8 heteroatoms. The van der Waals surface area contributed by atoms with E-state index in [9.17, 15) is 14.0 Å². The second kappa shape index (κ2) is 11.6. The second-order valence-electron chi connectivity index (χ2n) is 7.97. The van der Waals surface area contributed by atoms with Gasteiger partial charge in [-0.1, -0.05) is 30.3 Å². The third-order valence-electron chi connectivity index (χ3n) is 5.61. The Hall–Kier alpha value is -3.78. The summed E-state index contributed by atoms with van der Waals surface area (Å²) in [5, 5.41) is 6.81. The van der Waals surface area contributed by atoms with Crippen molar-refractivity contribution in [1.82, 2.24) is 10.3 Å². The molecule has 1 aromatic heterocycles. The summed E-state index contributed by atoms with van der Waals surface area (Å²) in [5.74, 6) is 0.218. The number of aromatic amines is 1. The number of carbonyl (C=O) groups is 2. The van der Waals surface area contributed by atoms with E-state index in [0.717, 1.165) is 27.8 Å². The molecule has 6 nitrogen and oxygen atoms in total. The maximum absolute atomic E-state index is 13.0. The van der Waals surface area contributed by atoms with Crippen LogP contribution in [0.15, 0.2) is 79.0 Å². The lowest BCUT2D eigenvalue weighted by Crippen LogP contribution is -2.30. The molecule has 35 heavy (non-hydrogen) atoms. The summed E-state index contributed by atoms with van der Waals surface area (Å²) < 4.78 is 18.3. The molecule has 0 radical (unpaired) electrons. The molecular formula is C27H26FN3O3S. The van der Waals surface area contributed by atoms with E-state index in [1.807, 2.05) is 48.7 Å². The summed E-state index contributed by atoms with van der Waals surface area (Å²) in [6, 6.07) is 21.5. The van der Waals surface area contributed by atoms with Crippen LogP contribution in [0.1, 0.15) is 17.0 Å². The number of amides is 2. The molecule has 3 N–H and O–H groups in total. The van der Waals surface area contributed by atoms with Crippen molar-refractivity contribution in [2.24, 2.45) is 0 Å². The van der Waals surface area contributed by atoms with Crippen molar-refractivity contribution in [2.45, 2.75) is 5.92 Å². The van der Waals surface area contributed by atoms with Gasteiger partial charge in [0.1, 0.15) is 11.6 Å². The highest BCUT2D eigenvalue weighted by Gasteiger charge is 2.19. The summed E-state index contributed by atoms with van der Waals surface area (Å²) in [4.78, 5) is 28.0. The number of fused-ring (bicyclic) bond motifs is 1. The number of nitrogens with one attached hydrogen (secondary N) is 3. The van der Waals surface area contributed by atoms with Gasteiger partial charge in [0.25, 0.3) is 0 Å². The SMILES string of the molecule is COc1ccc(C(CNC(=O)CSCC(=O)Nc2ccc(F)cc2)c2c[nH]c3ccccc23)cc1. The van der Waals surface area contributed by atoms with Gasteiger partial charge in [-0.25, -0.2) is 4.39 Å². The van der Waals surface area contributed by atoms with Crippen LogP contribution >= 0.6 is 11.8 Å². The summed E-state index contributed by atoms with van der Waals surface area (Å²) in [6.07, 6.45) is 1.99. The molecule has 0 aliphatic heterocycles. The third kappa shape index (κ3) is 6.42. The number of methoxy groups -OCH3 is 1. The van der Waals surface area contributed by atoms with Gasteiger partial charge in [-0.15, -0.1) is 11.8 Å². The molecule has 0 aliphatic carbocycles. The topological polar surface area (TPSA) is 83.2 Å². The van der Waals surface area contributed by atoms with E-state index in [1.54, 1.807) is 7.11 Å². The minimum absolute atomic E-state index is 0.0622. The Balaban J connectivity index is 1.36. The fraction of sp³-hybridized carbons (Fsp3) is 0.185. The van der Waals surface area contributed by atoms with Crippen LogP contribution in [-0.2, 0) is 9.59 Å². The van der Waals surface area contributed by atoms with E-state index in [2.05, 4.69) is 21.7 Å². The van der Waals surface area contributed by atoms with E-state index in [4.69, 9.17) is 4.74 Å². The molecule has 1 heterocycles. The van der Waals surface area contributed by atoms with Gasteiger partial charge in [-0.05, 0) is 53.6 Å². The molecule has 0 saturated heterocycles. The lowest BCUT2D eigenvalue weighted by Gasteiger charge is -2.18. The molecular weight excluding hydrogens is 465 g/mol. The lowest BCUT2D eigenvalue weighted by atomic mass is 9.91. The third-order valence-corrected chi connectivity index (χ3v) is 6.55. The molecule has 0 saturated carbocycles. The van der Waals surface area contributed by atoms with Crippen LogP contribution in [0.5, 0.6) is 5.75 Å². The number of hydrogen-bond donors (Lipinski definition) is 3. The first-order valence-corrected chi connectivity index (χ1v) is 12.3. The zero-order valence-electron chi connectivity index (χ0n) is 19.2. The van der Waals surface area contributed by atoms with E-state index in [-0.39, 0.29) is 35.1 Å². The van der Waals surface area contributed by atoms with E-state index >= 15 is 0 Å². The molecule has 0 aliphatic rings. The van der Waals surface area contributed by atoms with E-state index in [0.29, 0.717) is 12.2 Å². The number of H-pyrrole nitrogens is 1. The van der Waals surface area contributed by atoms with Crippen molar-refractivity contribution in [2.75, 3.05) is 30.5 Å². The van der Waals surface area contributed by atoms with Crippen LogP contribution < -0.4 is 15.4 Å². The van der Waals surface area contributed by atoms with Crippen LogP contribution in [0.2, 0.25) is 0 Å². The first-order valence-electron chi connectivity index (χ1n) is 11.1. The monoisotopic (exact) mass is 491 g/mol. The van der Waals surface area contributed by atoms with Crippen molar-refractivity contribution in [3.05, 3.63) is 95.9 Å². The van der Waals surface area contributed by atoms with Crippen molar-refractivity contribution < 1.29 is 18.7 Å². The molecule has 0 bridgehead atoms. The molecule has 4 rings (SSSR count). The number of rotatable bonds is 10. The average molecular weight is 492 g/mol. The summed E-state index contributed by atoms with van der Waals surface area (Å²) >= 11 is 1.22. The zero-order chi connectivity index (χ0) is 24.6. The Labute approximate surface area is 207 Å². The first-order chi connectivity index (χ1) is 17.0. The number of aromatic nitrogens is 1. The quantitative estimate of drug-likeness (QED) is 0.294. The number of carbonyl (C=O) groups excluding carboxylic acids is 2. The minimum atomic E-state index is -0.366. The first kappa shape index (κ1) is 24.3. The molecule has 0 fully saturated rings. The Morgan fingerprint density at radius 3 is 2.43 bits per heavy atom. The predicted octanol–water partition coefficient (Wildman–Crippen LogP) is 4.94. The molecule has 2 amide bonds. The number of para-hydroxylation sites is 1. The Bertz CT molecular complexity index is 1290. The number of benzene rings is 3. The van der Waals surface area contributed by atoms with Gasteiger partial charge < -0.3 is 20.4 Å². The van der Waals surface area contributed by atoms with E-state index < -0.39 is 0 Å². The number of thioether (sulfide) groups is 1. The number of anilines is 1. The molecule has 3 aromatic carbocycles. The van der Waals surface area contributed by atoms with Crippen molar-refractivity contribution >= 4 is 40.2 Å². The van der Waals surface area contributed by atoms with Gasteiger partial charge in [-0.3, -0.25) is 9.59 Å². The highest BCUT2D eigenvalue weighted by atomic mass is 32.2. The van der Waals surface area contributed by atoms with Gasteiger partial charge in [-0.2, -0.15) is 0 Å². The summed E-state index contributed by atoms with van der Waals surface area (Å²) in [5.41, 5.74) is 3.71. The standard InChI is InChI=1S/C27H26FN3O3S/c1-34-21-12-6-18(7-13-21)23(24-15-29-25-5-3-2-4-22(24)25)14-30-26(32)16-35-17-27(33)31-20-10-8-19(28)9-11-20/h2-13,15,23,29H,14,16-17H2,1H3,(H,30,32)(H,31,33). The van der Waals surface area contributed by atoms with Crippen LogP contribution in [0.3, 0.4) is 0 Å². The van der Waals surface area contributed by atoms with Gasteiger partial charge in [0.15, 0.2) is 0 Å². The predicted molar refractivity (Wildman–Crippen MR) is 139 cm³/mol. The van der Waals surface area contributed by atoms with Gasteiger partial charge in [0.2, 0.25) is 11.8 Å². The van der Waals surface area contributed by atoms with Crippen LogP contribution in [0, 0.1) is 5.82 Å². The maximum atomic E-state index is 13.0. The Morgan fingerprint density at radius 1 is 0.971 bits per heavy atom. The van der Waals surface area contributed by atoms with Crippen LogP contribution in [0.4, 0.5) is 10.1 Å². The van der Waals surface area contributed by atoms with Gasteiger partial charge in [0, 0.05) is 35.2 Å². The zero-order valence-corrected chi connectivity index (χ0v) is 20.0. The molecule has 1 unspecified atom stereocenters. The van der Waals surface area contributed by atoms with Crippen LogP contribution in [0.25, 0.3) is 10.9 Å². The minimum Gasteiger partial charge on any atom is -0.497 e. The number of ether oxygens (including phenoxy) is 1. The smallest absolute Gasteiger partial charge is 0.234 e. The molecule has 4 aromatic rings. The Morgan fingerprint density at radius 2 is 1.69 bits per heavy atom. The largest absolute Gasteiger partial charge is 0.497 e. The van der Waals surface area contributed by atoms with Crippen molar-refractivity contribution in [3.8, 4) is 5.75 Å². The molecule has 180 valence electrons. The fourth-order valence-corrected chi connectivity index (χ4v) is 4.51. The summed E-state index contributed by atoms with van der Waals surface area (Å²) in [6.45, 7) is 0.412. The lowest BCUT2D eigenvalue weighted by molar-refractivity contribution is -0.118. The molecule has 0 spiro atoms. The van der Waals surface area contributed by atoms with Crippen LogP contribution in [-0.4, -0.2) is 42.0 Å². The molecule has 1 atom stereocenters. The fourth-order valence-electron chi connectivity index (χ4n) is 3.86. The van der Waals surface area contributed by atoms with Gasteiger partial charge >= 0.3 is 0 Å². The summed E-state index contributed by atoms with van der Waals surface area (Å²) in [7, 11) is 1.63. The Kier molecular flexibility index (Phi) is 8.05. The normalized spacial score (nSPS) is 11.7. The average Bonchev–Trinajstić information content (AvgIpc) is 3.30. The van der Waals surface area contributed by atoms with Crippen molar-refractivity contribution in [1.29, 1.82) is 0 Å². The van der Waals surface area contributed by atoms with Gasteiger partial charge in [0.05, 0.1) is 18.6 Å². The number of halogens is 1. The van der Waals surface area contributed by atoms with Crippen molar-refractivity contribution in [3.63, 3.8) is 0 Å².